The van der Waals surface area contributed by atoms with Gasteiger partial charge in [0.1, 0.15) is 22.9 Å². The molecular weight excluding hydrogens is 912 g/mol. The molecule has 2 atom stereocenters. The number of ether oxygens (including phenoxy) is 2. The van der Waals surface area contributed by atoms with Gasteiger partial charge in [-0.3, -0.25) is 4.79 Å². The Morgan fingerprint density at radius 3 is 1.75 bits per heavy atom. The van der Waals surface area contributed by atoms with Crippen molar-refractivity contribution in [3.05, 3.63) is 59.9 Å². The Morgan fingerprint density at radius 1 is 0.652 bits per heavy atom. The number of halogens is 2. The van der Waals surface area contributed by atoms with Crippen LogP contribution in [-0.4, -0.2) is 150 Å². The van der Waals surface area contributed by atoms with Crippen molar-refractivity contribution < 1.29 is 24.2 Å². The van der Waals surface area contributed by atoms with Crippen LogP contribution < -0.4 is 20.5 Å². The summed E-state index contributed by atoms with van der Waals surface area (Å²) in [5, 5.41) is 14.0. The van der Waals surface area contributed by atoms with E-state index in [0.717, 1.165) is 71.2 Å². The summed E-state index contributed by atoms with van der Waals surface area (Å²) in [5.74, 6) is 2.32. The number of nitrogens with zero attached hydrogens (tertiary/aromatic N) is 4. The third-order valence-corrected chi connectivity index (χ3v) is 14.6. The van der Waals surface area contributed by atoms with E-state index in [4.69, 9.17) is 20.3 Å². The Kier molecular flexibility index (Phi) is 23.3. The van der Waals surface area contributed by atoms with Gasteiger partial charge in [-0.25, -0.2) is 4.79 Å². The van der Waals surface area contributed by atoms with E-state index in [1.54, 1.807) is 6.07 Å². The highest BCUT2D eigenvalue weighted by molar-refractivity contribution is 6.00. The van der Waals surface area contributed by atoms with Crippen LogP contribution in [-0.2, 0) is 0 Å². The maximum absolute atomic E-state index is 13.0. The minimum atomic E-state index is -0.962. The topological polar surface area (TPSA) is 155 Å². The molecule has 2 aromatic heterocycles. The maximum Gasteiger partial charge on any atom is 0.352 e. The number of piperidine rings is 4. The SMILES string of the molecule is CC(C)COc1cccc2[nH]c(C(=O)NC3CCN(CC4CCCN5CCCCC45)CC3)cc12.CC(C)COc1cccc2[nH]c(C(=O)O)cc12.Cl.Cl.NC1CCN(CCN2CCCCCC2)CC1. The fourth-order valence-electron chi connectivity index (χ4n) is 10.7. The number of amides is 1. The van der Waals surface area contributed by atoms with Crippen molar-refractivity contribution in [3.63, 3.8) is 0 Å². The standard InChI is InChI=1S/C28H42N4O2.C13H27N3.C13H15NO3.2ClH/c1-20(2)19-34-27-10-5-8-24-23(27)17-25(30-24)28(33)29-22-11-15-31(16-12-22)18-21-7-6-14-32-13-4-3-9-26(21)32;14-13-5-9-16(10-6-13)12-11-15-7-3-1-2-4-8-15;1-8(2)7-17-12-5-3-4-10-9(12)6-11(14-10)13(15)16;;/h5,8,10,17,20-22,26,30H,3-4,6-7,9,11-16,18-19H2,1-2H3,(H,29,33);13H,1-12,14H2;3-6,8,14H,7H2,1-2H3,(H,15,16);2*1H. The second-order valence-corrected chi connectivity index (χ2v) is 21.0. The number of aromatic nitrogens is 2. The van der Waals surface area contributed by atoms with E-state index in [-0.39, 0.29) is 42.5 Å². The summed E-state index contributed by atoms with van der Waals surface area (Å²) in [5.41, 5.74) is 8.45. The van der Waals surface area contributed by atoms with Crippen molar-refractivity contribution >= 4 is 58.5 Å². The Balaban J connectivity index is 0.000000213. The van der Waals surface area contributed by atoms with Crippen LogP contribution in [0, 0.1) is 17.8 Å². The van der Waals surface area contributed by atoms with Gasteiger partial charge in [0.15, 0.2) is 0 Å². The number of carbonyl (C=O) groups excluding carboxylic acids is 1. The van der Waals surface area contributed by atoms with Gasteiger partial charge in [0.05, 0.1) is 13.2 Å². The van der Waals surface area contributed by atoms with E-state index in [2.05, 4.69) is 62.6 Å². The second-order valence-electron chi connectivity index (χ2n) is 21.0. The third-order valence-electron chi connectivity index (χ3n) is 14.6. The van der Waals surface area contributed by atoms with Gasteiger partial charge in [-0.1, -0.05) is 59.1 Å². The van der Waals surface area contributed by atoms with Gasteiger partial charge in [-0.15, -0.1) is 24.8 Å². The van der Waals surface area contributed by atoms with E-state index < -0.39 is 5.97 Å². The quantitative estimate of drug-likeness (QED) is 0.0825. The van der Waals surface area contributed by atoms with Crippen molar-refractivity contribution in [2.24, 2.45) is 23.5 Å². The van der Waals surface area contributed by atoms with Gasteiger partial charge >= 0.3 is 5.97 Å². The highest BCUT2D eigenvalue weighted by atomic mass is 35.5. The van der Waals surface area contributed by atoms with E-state index in [1.807, 2.05) is 42.5 Å². The minimum Gasteiger partial charge on any atom is -0.493 e. The molecule has 0 spiro atoms. The lowest BCUT2D eigenvalue weighted by molar-refractivity contribution is 0.0351. The van der Waals surface area contributed by atoms with Crippen LogP contribution in [0.25, 0.3) is 21.8 Å². The molecule has 13 nitrogen and oxygen atoms in total. The fraction of sp³-hybridized carbons (Fsp3) is 0.667. The molecule has 69 heavy (non-hydrogen) atoms. The molecule has 5 fully saturated rings. The largest absolute Gasteiger partial charge is 0.493 e. The molecule has 7 heterocycles. The Bertz CT molecular complexity index is 2120. The number of carbonyl (C=O) groups is 2. The van der Waals surface area contributed by atoms with Gasteiger partial charge in [0.2, 0.25) is 0 Å². The predicted octanol–water partition coefficient (Wildman–Crippen LogP) is 9.69. The van der Waals surface area contributed by atoms with Crippen LogP contribution in [0.5, 0.6) is 11.5 Å². The zero-order valence-electron chi connectivity index (χ0n) is 42.2. The lowest BCUT2D eigenvalue weighted by atomic mass is 9.83. The summed E-state index contributed by atoms with van der Waals surface area (Å²) < 4.78 is 11.6. The first-order valence-corrected chi connectivity index (χ1v) is 26.2. The molecule has 2 aromatic carbocycles. The molecule has 0 radical (unpaired) electrons. The van der Waals surface area contributed by atoms with Crippen LogP contribution >= 0.6 is 24.8 Å². The van der Waals surface area contributed by atoms with Crippen molar-refractivity contribution in [3.8, 4) is 11.5 Å². The molecule has 15 heteroatoms. The number of hydrogen-bond donors (Lipinski definition) is 5. The average molecular weight is 998 g/mol. The van der Waals surface area contributed by atoms with Crippen molar-refractivity contribution in [1.29, 1.82) is 0 Å². The number of hydrogen-bond acceptors (Lipinski definition) is 9. The van der Waals surface area contributed by atoms with E-state index in [1.165, 1.54) is 130 Å². The number of nitrogens with one attached hydrogen (secondary N) is 3. The lowest BCUT2D eigenvalue weighted by Crippen LogP contribution is -2.52. The molecule has 9 rings (SSSR count). The van der Waals surface area contributed by atoms with E-state index in [0.29, 0.717) is 36.8 Å². The number of likely N-dealkylation sites (tertiary alicyclic amines) is 3. The smallest absolute Gasteiger partial charge is 0.352 e. The third kappa shape index (κ3) is 17.0. The van der Waals surface area contributed by atoms with Gasteiger partial charge < -0.3 is 55.2 Å². The highest BCUT2D eigenvalue weighted by Gasteiger charge is 2.35. The number of benzene rings is 2. The van der Waals surface area contributed by atoms with E-state index in [9.17, 15) is 9.59 Å². The van der Waals surface area contributed by atoms with Gasteiger partial charge in [0.25, 0.3) is 5.91 Å². The Labute approximate surface area is 425 Å². The number of nitrogens with two attached hydrogens (primary N) is 1. The molecule has 5 aliphatic rings. The van der Waals surface area contributed by atoms with Gasteiger partial charge in [-0.05, 0) is 158 Å². The molecule has 386 valence electrons. The van der Waals surface area contributed by atoms with Gasteiger partial charge in [0, 0.05) is 72.7 Å². The second kappa shape index (κ2) is 28.5. The highest BCUT2D eigenvalue weighted by Crippen LogP contribution is 2.33. The zero-order valence-corrected chi connectivity index (χ0v) is 43.9. The van der Waals surface area contributed by atoms with Crippen LogP contribution in [0.1, 0.15) is 132 Å². The van der Waals surface area contributed by atoms with Crippen LogP contribution in [0.4, 0.5) is 0 Å². The number of rotatable bonds is 14. The number of fused-ring (bicyclic) bond motifs is 3. The molecule has 4 aromatic rings. The number of aromatic carboxylic acids is 1. The zero-order chi connectivity index (χ0) is 47.1. The first kappa shape index (κ1) is 56.4. The molecule has 0 saturated carbocycles. The van der Waals surface area contributed by atoms with E-state index >= 15 is 0 Å². The van der Waals surface area contributed by atoms with Crippen LogP contribution in [0.2, 0.25) is 0 Å². The summed E-state index contributed by atoms with van der Waals surface area (Å²) in [6.45, 7) is 23.4. The summed E-state index contributed by atoms with van der Waals surface area (Å²) in [7, 11) is 0. The minimum absolute atomic E-state index is 0. The number of carboxylic acid groups (broad SMARTS) is 1. The van der Waals surface area contributed by atoms with Crippen molar-refractivity contribution in [2.75, 3.05) is 85.2 Å². The molecule has 0 bridgehead atoms. The summed E-state index contributed by atoms with van der Waals surface area (Å²) in [6, 6.07) is 16.6. The van der Waals surface area contributed by atoms with Crippen LogP contribution in [0.3, 0.4) is 0 Å². The molecule has 5 aliphatic heterocycles. The summed E-state index contributed by atoms with van der Waals surface area (Å²) in [6.07, 6.45) is 17.1. The Hall–Kier alpha value is -3.56. The average Bonchev–Trinajstić information content (AvgIpc) is 3.90. The maximum atomic E-state index is 13.0. The molecule has 6 N–H and O–H groups in total. The molecule has 0 aliphatic carbocycles. The molecular formula is C54H86Cl2N8O5. The molecule has 1 amide bonds. The predicted molar refractivity (Wildman–Crippen MR) is 286 cm³/mol. The molecule has 2 unspecified atom stereocenters. The number of aromatic amines is 2. The Morgan fingerprint density at radius 2 is 1.17 bits per heavy atom. The fourth-order valence-corrected chi connectivity index (χ4v) is 10.7. The summed E-state index contributed by atoms with van der Waals surface area (Å²) >= 11 is 0. The van der Waals surface area contributed by atoms with Crippen LogP contribution in [0.15, 0.2) is 48.5 Å². The first-order valence-electron chi connectivity index (χ1n) is 26.2. The van der Waals surface area contributed by atoms with Crippen molar-refractivity contribution in [1.82, 2.24) is 34.9 Å². The number of carboxylic acids is 1. The monoisotopic (exact) mass is 997 g/mol. The van der Waals surface area contributed by atoms with Crippen molar-refractivity contribution in [2.45, 2.75) is 129 Å². The molecule has 5 saturated heterocycles. The normalized spacial score (nSPS) is 21.2. The lowest BCUT2D eigenvalue weighted by Gasteiger charge is -2.46. The van der Waals surface area contributed by atoms with Gasteiger partial charge in [-0.2, -0.15) is 0 Å². The summed E-state index contributed by atoms with van der Waals surface area (Å²) in [4.78, 5) is 40.7. The number of H-pyrrole nitrogens is 2. The first-order chi connectivity index (χ1) is 32.5.